The Morgan fingerprint density at radius 2 is 1.52 bits per heavy atom. The lowest BCUT2D eigenvalue weighted by Gasteiger charge is -2.38. The van der Waals surface area contributed by atoms with Crippen molar-refractivity contribution in [1.29, 1.82) is 0 Å². The van der Waals surface area contributed by atoms with E-state index in [0.29, 0.717) is 42.1 Å². The highest BCUT2D eigenvalue weighted by Gasteiger charge is 2.38. The monoisotopic (exact) mass is 551 g/mol. The highest BCUT2D eigenvalue weighted by atomic mass is 79.9. The number of piperazine rings is 1. The first kappa shape index (κ1) is 26.5. The highest BCUT2D eigenvalue weighted by Crippen LogP contribution is 2.27. The molecule has 2 aromatic carbocycles. The first-order valence-electron chi connectivity index (χ1n) is 9.88. The number of aliphatic hydroxyl groups excluding tert-OH is 1. The van der Waals surface area contributed by atoms with E-state index in [-0.39, 0.29) is 30.9 Å². The number of nitrogens with zero attached hydrogens (tertiary/aromatic N) is 3. The van der Waals surface area contributed by atoms with Crippen LogP contribution in [0.5, 0.6) is 0 Å². The van der Waals surface area contributed by atoms with Gasteiger partial charge in [-0.15, -0.1) is 24.8 Å². The lowest BCUT2D eigenvalue weighted by Crippen LogP contribution is -2.54. The zero-order valence-corrected chi connectivity index (χ0v) is 21.0. The van der Waals surface area contributed by atoms with Gasteiger partial charge in [0.1, 0.15) is 0 Å². The quantitative estimate of drug-likeness (QED) is 0.618. The molecule has 2 saturated heterocycles. The molecule has 1 N–H and O–H groups in total. The van der Waals surface area contributed by atoms with E-state index in [0.717, 1.165) is 13.1 Å². The predicted octanol–water partition coefficient (Wildman–Crippen LogP) is 2.84. The molecule has 2 fully saturated rings. The number of aliphatic hydroxyl groups is 1. The van der Waals surface area contributed by atoms with Crippen LogP contribution in [-0.4, -0.2) is 79.0 Å². The second-order valence-electron chi connectivity index (χ2n) is 7.68. The van der Waals surface area contributed by atoms with Crippen LogP contribution in [0.25, 0.3) is 0 Å². The van der Waals surface area contributed by atoms with Gasteiger partial charge in [0, 0.05) is 56.3 Å². The molecule has 2 heterocycles. The molecule has 0 amide bonds. The van der Waals surface area contributed by atoms with Crippen molar-refractivity contribution < 1.29 is 13.5 Å². The zero-order chi connectivity index (χ0) is 20.4. The third kappa shape index (κ3) is 6.00. The maximum Gasteiger partial charge on any atom is 0.244 e. The minimum atomic E-state index is -3.52. The molecule has 0 radical (unpaired) electrons. The summed E-state index contributed by atoms with van der Waals surface area (Å²) in [5.41, 5.74) is 1.24. The number of hydrogen-bond acceptors (Lipinski definition) is 5. The van der Waals surface area contributed by atoms with Gasteiger partial charge >= 0.3 is 0 Å². The molecule has 2 aromatic rings. The Morgan fingerprint density at radius 1 is 0.903 bits per heavy atom. The van der Waals surface area contributed by atoms with Crippen LogP contribution in [0.4, 0.5) is 0 Å². The highest BCUT2D eigenvalue weighted by molar-refractivity contribution is 9.10. The van der Waals surface area contributed by atoms with Crippen LogP contribution in [-0.2, 0) is 16.6 Å². The molecule has 0 aromatic heterocycles. The van der Waals surface area contributed by atoms with Crippen molar-refractivity contribution in [3.63, 3.8) is 0 Å². The molecule has 2 unspecified atom stereocenters. The molecule has 0 bridgehead atoms. The maximum absolute atomic E-state index is 13.0. The van der Waals surface area contributed by atoms with Gasteiger partial charge in [-0.1, -0.05) is 42.5 Å². The molecule has 0 aliphatic carbocycles. The van der Waals surface area contributed by atoms with Crippen molar-refractivity contribution in [3.8, 4) is 0 Å². The minimum Gasteiger partial charge on any atom is -0.390 e. The smallest absolute Gasteiger partial charge is 0.244 e. The van der Waals surface area contributed by atoms with Crippen LogP contribution in [0.2, 0.25) is 0 Å². The second kappa shape index (κ2) is 11.4. The Morgan fingerprint density at radius 3 is 2.16 bits per heavy atom. The van der Waals surface area contributed by atoms with Gasteiger partial charge in [0.05, 0.1) is 11.0 Å². The lowest BCUT2D eigenvalue weighted by atomic mass is 10.1. The molecule has 2 atom stereocenters. The van der Waals surface area contributed by atoms with E-state index >= 15 is 0 Å². The summed E-state index contributed by atoms with van der Waals surface area (Å²) >= 11 is 3.35. The molecule has 10 heteroatoms. The summed E-state index contributed by atoms with van der Waals surface area (Å²) in [6, 6.07) is 17.3. The Labute approximate surface area is 205 Å². The second-order valence-corrected chi connectivity index (χ2v) is 10.4. The average molecular weight is 553 g/mol. The fourth-order valence-electron chi connectivity index (χ4n) is 4.25. The summed E-state index contributed by atoms with van der Waals surface area (Å²) in [6.45, 7) is 4.40. The summed E-state index contributed by atoms with van der Waals surface area (Å²) < 4.78 is 28.1. The maximum atomic E-state index is 13.0. The van der Waals surface area contributed by atoms with Crippen molar-refractivity contribution in [3.05, 3.63) is 64.6 Å². The average Bonchev–Trinajstić information content (AvgIpc) is 3.09. The van der Waals surface area contributed by atoms with Gasteiger partial charge in [0.25, 0.3) is 0 Å². The van der Waals surface area contributed by atoms with E-state index in [1.807, 2.05) is 24.3 Å². The van der Waals surface area contributed by atoms with Gasteiger partial charge in [0.15, 0.2) is 0 Å². The third-order valence-corrected chi connectivity index (χ3v) is 8.69. The lowest BCUT2D eigenvalue weighted by molar-refractivity contribution is 0.0618. The molecule has 31 heavy (non-hydrogen) atoms. The van der Waals surface area contributed by atoms with Crippen LogP contribution < -0.4 is 0 Å². The van der Waals surface area contributed by atoms with Crippen LogP contribution in [0.1, 0.15) is 5.56 Å². The summed E-state index contributed by atoms with van der Waals surface area (Å²) in [4.78, 5) is 4.82. The Balaban J connectivity index is 0.00000171. The third-order valence-electron chi connectivity index (χ3n) is 5.78. The van der Waals surface area contributed by atoms with Gasteiger partial charge in [-0.2, -0.15) is 4.31 Å². The fraction of sp³-hybridized carbons (Fsp3) is 0.429. The van der Waals surface area contributed by atoms with Gasteiger partial charge in [-0.05, 0) is 33.6 Å². The first-order chi connectivity index (χ1) is 13.9. The topological polar surface area (TPSA) is 64.1 Å². The number of β-amino-alcohol motifs (C(OH)–C–C–N with tert-alkyl or cyclic N) is 1. The van der Waals surface area contributed by atoms with Gasteiger partial charge in [-0.25, -0.2) is 8.42 Å². The summed E-state index contributed by atoms with van der Waals surface area (Å²) in [7, 11) is -3.52. The SMILES string of the molecule is Cl.Cl.O=S(=O)(c1ccccc1Br)N1CCN(C2CN(Cc3ccccc3)CC2O)CC1. The molecule has 4 rings (SSSR count). The number of halogens is 3. The van der Waals surface area contributed by atoms with E-state index in [1.54, 1.807) is 22.5 Å². The number of likely N-dealkylation sites (tertiary alicyclic amines) is 1. The molecule has 172 valence electrons. The van der Waals surface area contributed by atoms with E-state index < -0.39 is 16.1 Å². The minimum absolute atomic E-state index is 0. The first-order valence-corrected chi connectivity index (χ1v) is 12.1. The molecular weight excluding hydrogens is 525 g/mol. The molecule has 0 saturated carbocycles. The Kier molecular flexibility index (Phi) is 9.78. The fourth-order valence-corrected chi connectivity index (χ4v) is 6.63. The molecule has 2 aliphatic rings. The normalized spacial score (nSPS) is 23.2. The summed E-state index contributed by atoms with van der Waals surface area (Å²) in [6.07, 6.45) is -0.412. The van der Waals surface area contributed by atoms with Gasteiger partial charge < -0.3 is 5.11 Å². The van der Waals surface area contributed by atoms with Crippen LogP contribution in [0, 0.1) is 0 Å². The predicted molar refractivity (Wildman–Crippen MR) is 130 cm³/mol. The van der Waals surface area contributed by atoms with E-state index in [2.05, 4.69) is 37.9 Å². The molecule has 0 spiro atoms. The van der Waals surface area contributed by atoms with Crippen LogP contribution in [0.15, 0.2) is 64.0 Å². The number of hydrogen-bond donors (Lipinski definition) is 1. The van der Waals surface area contributed by atoms with E-state index in [1.165, 1.54) is 5.56 Å². The largest absolute Gasteiger partial charge is 0.390 e. The van der Waals surface area contributed by atoms with Crippen molar-refractivity contribution in [1.82, 2.24) is 14.1 Å². The zero-order valence-electron chi connectivity index (χ0n) is 17.0. The number of benzene rings is 2. The van der Waals surface area contributed by atoms with Crippen molar-refractivity contribution >= 4 is 50.8 Å². The summed E-state index contributed by atoms with van der Waals surface area (Å²) in [5.74, 6) is 0. The summed E-state index contributed by atoms with van der Waals surface area (Å²) in [5, 5.41) is 10.6. The van der Waals surface area contributed by atoms with E-state index in [4.69, 9.17) is 0 Å². The van der Waals surface area contributed by atoms with Crippen molar-refractivity contribution in [2.45, 2.75) is 23.6 Å². The van der Waals surface area contributed by atoms with E-state index in [9.17, 15) is 13.5 Å². The Hall–Kier alpha value is -0.710. The molecular formula is C21H28BrCl2N3O3S. The number of rotatable bonds is 5. The van der Waals surface area contributed by atoms with Gasteiger partial charge in [0.2, 0.25) is 10.0 Å². The van der Waals surface area contributed by atoms with Crippen molar-refractivity contribution in [2.24, 2.45) is 0 Å². The molecule has 6 nitrogen and oxygen atoms in total. The van der Waals surface area contributed by atoms with Crippen LogP contribution in [0.3, 0.4) is 0 Å². The molecule has 2 aliphatic heterocycles. The van der Waals surface area contributed by atoms with Crippen LogP contribution >= 0.6 is 40.7 Å². The number of sulfonamides is 1. The Bertz CT molecular complexity index is 944. The standard InChI is InChI=1S/C21H26BrN3O3S.2ClH/c22-18-8-4-5-9-21(18)29(27,28)25-12-10-24(11-13-25)19-15-23(16-20(19)26)14-17-6-2-1-3-7-17;;/h1-9,19-20,26H,10-16H2;2*1H. The van der Waals surface area contributed by atoms with Crippen molar-refractivity contribution in [2.75, 3.05) is 39.3 Å². The van der Waals surface area contributed by atoms with Gasteiger partial charge in [-0.3, -0.25) is 9.80 Å².